The molecule has 2 aromatic heterocycles. The second-order valence-electron chi connectivity index (χ2n) is 6.09. The molecule has 9 nitrogen and oxygen atoms in total. The summed E-state index contributed by atoms with van der Waals surface area (Å²) in [6.07, 6.45) is 4.48. The normalized spacial score (nSPS) is 10.6. The number of hydrogen-bond donors (Lipinski definition) is 2. The number of aryl methyl sites for hydroxylation is 2. The highest BCUT2D eigenvalue weighted by Gasteiger charge is 2.13. The highest BCUT2D eigenvalue weighted by molar-refractivity contribution is 6.03. The lowest BCUT2D eigenvalue weighted by atomic mass is 10.1. The number of para-hydroxylation sites is 1. The van der Waals surface area contributed by atoms with Crippen LogP contribution >= 0.6 is 0 Å². The Morgan fingerprint density at radius 3 is 2.86 bits per heavy atom. The van der Waals surface area contributed by atoms with Crippen LogP contribution in [0.25, 0.3) is 11.0 Å². The molecule has 0 unspecified atom stereocenters. The van der Waals surface area contributed by atoms with Gasteiger partial charge in [-0.2, -0.15) is 5.10 Å². The minimum absolute atomic E-state index is 0.0516. The van der Waals surface area contributed by atoms with Crippen molar-refractivity contribution < 1.29 is 9.59 Å². The first kappa shape index (κ1) is 19.0. The standard InChI is InChI=1S/C19H20N6O3/c1-3-9-20-18(27)13-6-4-5-7-15(13)23-16(26)8-10-25-12-21-17-14(19(25)28)11-22-24(17)2/h3-7,11-12H,1,8-10H2,2H3,(H,20,27)(H,23,26). The Morgan fingerprint density at radius 2 is 2.07 bits per heavy atom. The lowest BCUT2D eigenvalue weighted by Gasteiger charge is -2.11. The monoisotopic (exact) mass is 380 g/mol. The van der Waals surface area contributed by atoms with Crippen LogP contribution in [0.1, 0.15) is 16.8 Å². The summed E-state index contributed by atoms with van der Waals surface area (Å²) < 4.78 is 2.88. The quantitative estimate of drug-likeness (QED) is 0.596. The van der Waals surface area contributed by atoms with E-state index in [0.717, 1.165) is 0 Å². The van der Waals surface area contributed by atoms with E-state index >= 15 is 0 Å². The Hall–Kier alpha value is -3.75. The molecular weight excluding hydrogens is 360 g/mol. The summed E-state index contributed by atoms with van der Waals surface area (Å²) in [6, 6.07) is 6.71. The van der Waals surface area contributed by atoms with E-state index in [2.05, 4.69) is 27.3 Å². The van der Waals surface area contributed by atoms with E-state index in [1.54, 1.807) is 37.4 Å². The summed E-state index contributed by atoms with van der Waals surface area (Å²) >= 11 is 0. The van der Waals surface area contributed by atoms with Crippen LogP contribution in [0.15, 0.2) is 54.2 Å². The van der Waals surface area contributed by atoms with Gasteiger partial charge in [0.1, 0.15) is 5.39 Å². The third-order valence-electron chi connectivity index (χ3n) is 4.15. The van der Waals surface area contributed by atoms with Gasteiger partial charge in [-0.3, -0.25) is 23.6 Å². The number of rotatable bonds is 7. The van der Waals surface area contributed by atoms with Crippen LogP contribution in [-0.2, 0) is 18.4 Å². The van der Waals surface area contributed by atoms with E-state index < -0.39 is 0 Å². The van der Waals surface area contributed by atoms with Crippen molar-refractivity contribution in [3.05, 3.63) is 65.4 Å². The highest BCUT2D eigenvalue weighted by Crippen LogP contribution is 2.15. The lowest BCUT2D eigenvalue weighted by molar-refractivity contribution is -0.116. The Kier molecular flexibility index (Phi) is 5.64. The molecule has 0 saturated heterocycles. The Morgan fingerprint density at radius 1 is 1.29 bits per heavy atom. The largest absolute Gasteiger partial charge is 0.349 e. The van der Waals surface area contributed by atoms with Crippen LogP contribution in [0, 0.1) is 0 Å². The highest BCUT2D eigenvalue weighted by atomic mass is 16.2. The van der Waals surface area contributed by atoms with Crippen LogP contribution < -0.4 is 16.2 Å². The number of hydrogen-bond acceptors (Lipinski definition) is 5. The van der Waals surface area contributed by atoms with E-state index in [9.17, 15) is 14.4 Å². The minimum Gasteiger partial charge on any atom is -0.349 e. The fraction of sp³-hybridized carbons (Fsp3) is 0.211. The Balaban J connectivity index is 1.69. The van der Waals surface area contributed by atoms with Crippen molar-refractivity contribution in [2.24, 2.45) is 7.05 Å². The number of fused-ring (bicyclic) bond motifs is 1. The van der Waals surface area contributed by atoms with Gasteiger partial charge in [-0.05, 0) is 12.1 Å². The smallest absolute Gasteiger partial charge is 0.264 e. The van der Waals surface area contributed by atoms with Crippen LogP contribution in [-0.4, -0.2) is 37.7 Å². The zero-order valence-electron chi connectivity index (χ0n) is 15.4. The first-order chi connectivity index (χ1) is 13.5. The Labute approximate surface area is 160 Å². The third-order valence-corrected chi connectivity index (χ3v) is 4.15. The van der Waals surface area contributed by atoms with Gasteiger partial charge in [-0.25, -0.2) is 4.98 Å². The zero-order valence-corrected chi connectivity index (χ0v) is 15.4. The maximum atomic E-state index is 12.4. The van der Waals surface area contributed by atoms with Crippen molar-refractivity contribution in [1.82, 2.24) is 24.6 Å². The second-order valence-corrected chi connectivity index (χ2v) is 6.09. The van der Waals surface area contributed by atoms with E-state index in [-0.39, 0.29) is 30.3 Å². The number of carbonyl (C=O) groups is 2. The lowest BCUT2D eigenvalue weighted by Crippen LogP contribution is -2.26. The van der Waals surface area contributed by atoms with Crippen LogP contribution in [0.3, 0.4) is 0 Å². The average molecular weight is 380 g/mol. The molecule has 3 rings (SSSR count). The number of nitrogens with zero attached hydrogens (tertiary/aromatic N) is 4. The van der Waals surface area contributed by atoms with E-state index in [1.807, 2.05) is 0 Å². The van der Waals surface area contributed by atoms with Crippen molar-refractivity contribution in [3.8, 4) is 0 Å². The molecule has 2 amide bonds. The van der Waals surface area contributed by atoms with Gasteiger partial charge in [0.15, 0.2) is 5.65 Å². The summed E-state index contributed by atoms with van der Waals surface area (Å²) in [4.78, 5) is 41.2. The summed E-state index contributed by atoms with van der Waals surface area (Å²) in [6.45, 7) is 4.04. The van der Waals surface area contributed by atoms with Gasteiger partial charge in [0.05, 0.1) is 23.8 Å². The van der Waals surface area contributed by atoms with Crippen molar-refractivity contribution in [3.63, 3.8) is 0 Å². The Bertz CT molecular complexity index is 1100. The minimum atomic E-state index is -0.317. The van der Waals surface area contributed by atoms with Gasteiger partial charge >= 0.3 is 0 Å². The van der Waals surface area contributed by atoms with Crippen molar-refractivity contribution in [2.45, 2.75) is 13.0 Å². The van der Waals surface area contributed by atoms with Gasteiger partial charge in [0.2, 0.25) is 5.91 Å². The van der Waals surface area contributed by atoms with Crippen LogP contribution in [0.5, 0.6) is 0 Å². The van der Waals surface area contributed by atoms with Crippen LogP contribution in [0.2, 0.25) is 0 Å². The van der Waals surface area contributed by atoms with Gasteiger partial charge in [-0.1, -0.05) is 18.2 Å². The fourth-order valence-corrected chi connectivity index (χ4v) is 2.71. The number of benzene rings is 1. The number of amides is 2. The molecule has 0 aliphatic heterocycles. The fourth-order valence-electron chi connectivity index (χ4n) is 2.71. The molecule has 1 aromatic carbocycles. The second kappa shape index (κ2) is 8.30. The molecule has 28 heavy (non-hydrogen) atoms. The molecule has 0 spiro atoms. The maximum absolute atomic E-state index is 12.4. The molecule has 0 aliphatic carbocycles. The number of carbonyl (C=O) groups excluding carboxylic acids is 2. The van der Waals surface area contributed by atoms with Gasteiger partial charge in [-0.15, -0.1) is 6.58 Å². The first-order valence-electron chi connectivity index (χ1n) is 8.66. The molecule has 3 aromatic rings. The SMILES string of the molecule is C=CCNC(=O)c1ccccc1NC(=O)CCn1cnc2c(cnn2C)c1=O. The first-order valence-corrected chi connectivity index (χ1v) is 8.66. The molecule has 0 atom stereocenters. The van der Waals surface area contributed by atoms with Crippen molar-refractivity contribution in [1.29, 1.82) is 0 Å². The van der Waals surface area contributed by atoms with Crippen molar-refractivity contribution in [2.75, 3.05) is 11.9 Å². The number of nitrogens with one attached hydrogen (secondary N) is 2. The summed E-state index contributed by atoms with van der Waals surface area (Å²) in [7, 11) is 1.70. The van der Waals surface area contributed by atoms with E-state index in [4.69, 9.17) is 0 Å². The average Bonchev–Trinajstić information content (AvgIpc) is 3.07. The molecule has 2 heterocycles. The molecule has 2 N–H and O–H groups in total. The van der Waals surface area contributed by atoms with Gasteiger partial charge < -0.3 is 10.6 Å². The maximum Gasteiger partial charge on any atom is 0.264 e. The predicted molar refractivity (Wildman–Crippen MR) is 105 cm³/mol. The molecular formula is C19H20N6O3. The summed E-state index contributed by atoms with van der Waals surface area (Å²) in [5.41, 5.74) is 0.996. The predicted octanol–water partition coefficient (Wildman–Crippen LogP) is 1.07. The summed E-state index contributed by atoms with van der Waals surface area (Å²) in [5.74, 6) is -0.625. The molecule has 0 bridgehead atoms. The zero-order chi connectivity index (χ0) is 20.1. The molecule has 0 radical (unpaired) electrons. The van der Waals surface area contributed by atoms with E-state index in [0.29, 0.717) is 28.8 Å². The number of anilines is 1. The van der Waals surface area contributed by atoms with Gasteiger partial charge in [0.25, 0.3) is 11.5 Å². The molecule has 0 aliphatic rings. The van der Waals surface area contributed by atoms with Gasteiger partial charge in [0, 0.05) is 26.6 Å². The molecule has 9 heteroatoms. The van der Waals surface area contributed by atoms with Crippen molar-refractivity contribution >= 4 is 28.5 Å². The third kappa shape index (κ3) is 3.98. The van der Waals surface area contributed by atoms with E-state index in [1.165, 1.54) is 21.8 Å². The molecule has 0 fully saturated rings. The summed E-state index contributed by atoms with van der Waals surface area (Å²) in [5, 5.41) is 9.81. The number of aromatic nitrogens is 4. The molecule has 0 saturated carbocycles. The molecule has 144 valence electrons. The topological polar surface area (TPSA) is 111 Å². The van der Waals surface area contributed by atoms with Crippen LogP contribution in [0.4, 0.5) is 5.69 Å².